The fourth-order valence-electron chi connectivity index (χ4n) is 3.60. The van der Waals surface area contributed by atoms with Crippen LogP contribution in [0, 0.1) is 13.8 Å². The smallest absolute Gasteiger partial charge is 0.255 e. The molecule has 2 amide bonds. The lowest BCUT2D eigenvalue weighted by atomic mass is 10.1. The summed E-state index contributed by atoms with van der Waals surface area (Å²) in [7, 11) is -3.75. The van der Waals surface area contributed by atoms with Gasteiger partial charge in [-0.25, -0.2) is 8.42 Å². The molecule has 0 spiro atoms. The summed E-state index contributed by atoms with van der Waals surface area (Å²) < 4.78 is 26.6. The number of aryl methyl sites for hydroxylation is 2. The van der Waals surface area contributed by atoms with Gasteiger partial charge in [-0.3, -0.25) is 13.9 Å². The second-order valence-electron chi connectivity index (χ2n) is 7.76. The minimum absolute atomic E-state index is 0.187. The first-order valence-corrected chi connectivity index (χ1v) is 12.7. The van der Waals surface area contributed by atoms with Gasteiger partial charge in [-0.1, -0.05) is 25.1 Å². The molecule has 1 unspecified atom stereocenters. The van der Waals surface area contributed by atoms with Crippen LogP contribution in [-0.2, 0) is 14.8 Å². The fourth-order valence-corrected chi connectivity index (χ4v) is 4.80. The number of benzene rings is 2. The summed E-state index contributed by atoms with van der Waals surface area (Å²) in [6.45, 7) is 10.5. The molecule has 1 N–H and O–H groups in total. The lowest BCUT2D eigenvalue weighted by Crippen LogP contribution is -2.47. The fraction of sp³-hybridized carbons (Fsp3) is 0.417. The quantitative estimate of drug-likeness (QED) is 0.615. The van der Waals surface area contributed by atoms with Gasteiger partial charge in [0.1, 0.15) is 6.04 Å². The van der Waals surface area contributed by atoms with Gasteiger partial charge in [0, 0.05) is 13.1 Å². The number of nitrogens with one attached hydrogen (secondary N) is 1. The molecule has 0 saturated heterocycles. The maximum absolute atomic E-state index is 13.3. The molecule has 0 aliphatic heterocycles. The molecule has 32 heavy (non-hydrogen) atoms. The first kappa shape index (κ1) is 25.4. The zero-order chi connectivity index (χ0) is 24.1. The van der Waals surface area contributed by atoms with Crippen molar-refractivity contribution in [2.75, 3.05) is 29.0 Å². The molecule has 0 bridgehead atoms. The van der Waals surface area contributed by atoms with Crippen LogP contribution in [0.5, 0.6) is 0 Å². The van der Waals surface area contributed by atoms with Gasteiger partial charge in [-0.2, -0.15) is 0 Å². The average molecular weight is 460 g/mol. The highest BCUT2D eigenvalue weighted by molar-refractivity contribution is 7.92. The Kier molecular flexibility index (Phi) is 8.44. The summed E-state index contributed by atoms with van der Waals surface area (Å²) in [4.78, 5) is 27.9. The van der Waals surface area contributed by atoms with E-state index in [0.29, 0.717) is 30.0 Å². The summed E-state index contributed by atoms with van der Waals surface area (Å²) in [5.74, 6) is -0.677. The molecule has 0 aromatic heterocycles. The monoisotopic (exact) mass is 459 g/mol. The Balaban J connectivity index is 2.44. The maximum atomic E-state index is 13.3. The number of hydrogen-bond donors (Lipinski definition) is 1. The van der Waals surface area contributed by atoms with E-state index in [1.807, 2.05) is 33.8 Å². The molecule has 2 aromatic rings. The second kappa shape index (κ2) is 10.6. The molecule has 0 radical (unpaired) electrons. The van der Waals surface area contributed by atoms with Crippen LogP contribution in [0.25, 0.3) is 0 Å². The second-order valence-corrected chi connectivity index (χ2v) is 9.62. The Labute approximate surface area is 191 Å². The number of nitrogens with zero attached hydrogens (tertiary/aromatic N) is 2. The van der Waals surface area contributed by atoms with Crippen LogP contribution >= 0.6 is 0 Å². The number of rotatable bonds is 9. The predicted octanol–water partition coefficient (Wildman–Crippen LogP) is 3.97. The SMILES string of the molecule is CCC(C(=O)Nc1ccccc1C(=O)N(CC)CC)N(c1ccc(C)c(C)c1)S(C)(=O)=O. The molecule has 0 saturated carbocycles. The first-order valence-electron chi connectivity index (χ1n) is 10.8. The van der Waals surface area contributed by atoms with E-state index in [2.05, 4.69) is 5.32 Å². The van der Waals surface area contributed by atoms with Crippen molar-refractivity contribution in [2.45, 2.75) is 47.1 Å². The highest BCUT2D eigenvalue weighted by Gasteiger charge is 2.32. The van der Waals surface area contributed by atoms with Gasteiger partial charge in [-0.15, -0.1) is 0 Å². The number of carbonyl (C=O) groups is 2. The van der Waals surface area contributed by atoms with Gasteiger partial charge in [-0.05, 0) is 69.5 Å². The van der Waals surface area contributed by atoms with Crippen LogP contribution in [0.15, 0.2) is 42.5 Å². The lowest BCUT2D eigenvalue weighted by Gasteiger charge is -2.31. The molecule has 0 fully saturated rings. The first-order chi connectivity index (χ1) is 15.0. The van der Waals surface area contributed by atoms with Gasteiger partial charge in [0.25, 0.3) is 5.91 Å². The number of carbonyl (C=O) groups excluding carboxylic acids is 2. The number of sulfonamides is 1. The third-order valence-electron chi connectivity index (χ3n) is 5.54. The van der Waals surface area contributed by atoms with Crippen LogP contribution in [0.1, 0.15) is 48.7 Å². The molecule has 0 aliphatic carbocycles. The lowest BCUT2D eigenvalue weighted by molar-refractivity contribution is -0.117. The summed E-state index contributed by atoms with van der Waals surface area (Å²) in [5, 5.41) is 2.80. The van der Waals surface area contributed by atoms with E-state index in [1.54, 1.807) is 48.2 Å². The van der Waals surface area contributed by atoms with E-state index in [1.165, 1.54) is 0 Å². The molecule has 2 aromatic carbocycles. The normalized spacial score (nSPS) is 12.2. The van der Waals surface area contributed by atoms with Crippen LogP contribution in [-0.4, -0.2) is 50.5 Å². The molecular weight excluding hydrogens is 426 g/mol. The van der Waals surface area contributed by atoms with Gasteiger partial charge >= 0.3 is 0 Å². The molecule has 0 heterocycles. The zero-order valence-corrected chi connectivity index (χ0v) is 20.5. The summed E-state index contributed by atoms with van der Waals surface area (Å²) >= 11 is 0. The summed E-state index contributed by atoms with van der Waals surface area (Å²) in [6, 6.07) is 11.1. The van der Waals surface area contributed by atoms with Crippen molar-refractivity contribution < 1.29 is 18.0 Å². The van der Waals surface area contributed by atoms with Crippen LogP contribution in [0.3, 0.4) is 0 Å². The predicted molar refractivity (Wildman–Crippen MR) is 130 cm³/mol. The van der Waals surface area contributed by atoms with E-state index in [9.17, 15) is 18.0 Å². The number of para-hydroxylation sites is 1. The zero-order valence-electron chi connectivity index (χ0n) is 19.7. The van der Waals surface area contributed by atoms with Gasteiger partial charge in [0.2, 0.25) is 15.9 Å². The van der Waals surface area contributed by atoms with Crippen LogP contribution < -0.4 is 9.62 Å². The van der Waals surface area contributed by atoms with E-state index >= 15 is 0 Å². The Morgan fingerprint density at radius 1 is 0.969 bits per heavy atom. The minimum Gasteiger partial charge on any atom is -0.339 e. The third-order valence-corrected chi connectivity index (χ3v) is 6.72. The number of anilines is 2. The number of amides is 2. The molecule has 0 aliphatic rings. The summed E-state index contributed by atoms with van der Waals surface area (Å²) in [5.41, 5.74) is 3.13. The standard InChI is InChI=1S/C24H33N3O4S/c1-7-22(27(32(6,30)31)19-15-14-17(4)18(5)16-19)23(28)25-21-13-11-10-12-20(21)24(29)26(8-2)9-3/h10-16,22H,7-9H2,1-6H3,(H,25,28). The highest BCUT2D eigenvalue weighted by atomic mass is 32.2. The van der Waals surface area contributed by atoms with E-state index in [4.69, 9.17) is 0 Å². The third kappa shape index (κ3) is 5.68. The van der Waals surface area contributed by atoms with Crippen molar-refractivity contribution in [3.63, 3.8) is 0 Å². The van der Waals surface area contributed by atoms with Crippen molar-refractivity contribution in [3.05, 3.63) is 59.2 Å². The van der Waals surface area contributed by atoms with E-state index < -0.39 is 22.0 Å². The largest absolute Gasteiger partial charge is 0.339 e. The Bertz CT molecular complexity index is 1080. The molecule has 2 rings (SSSR count). The summed E-state index contributed by atoms with van der Waals surface area (Å²) in [6.07, 6.45) is 1.36. The highest BCUT2D eigenvalue weighted by Crippen LogP contribution is 2.26. The Hall–Kier alpha value is -2.87. The van der Waals surface area contributed by atoms with Crippen molar-refractivity contribution in [2.24, 2.45) is 0 Å². The van der Waals surface area contributed by atoms with Crippen LogP contribution in [0.2, 0.25) is 0 Å². The molecular formula is C24H33N3O4S. The number of hydrogen-bond acceptors (Lipinski definition) is 4. The van der Waals surface area contributed by atoms with Gasteiger partial charge in [0.15, 0.2) is 0 Å². The molecule has 8 heteroatoms. The Morgan fingerprint density at radius 3 is 2.12 bits per heavy atom. The van der Waals surface area contributed by atoms with E-state index in [-0.39, 0.29) is 12.3 Å². The van der Waals surface area contributed by atoms with Gasteiger partial charge in [0.05, 0.1) is 23.2 Å². The van der Waals surface area contributed by atoms with E-state index in [0.717, 1.165) is 21.7 Å². The molecule has 174 valence electrons. The average Bonchev–Trinajstić information content (AvgIpc) is 2.74. The topological polar surface area (TPSA) is 86.8 Å². The van der Waals surface area contributed by atoms with Crippen molar-refractivity contribution in [1.29, 1.82) is 0 Å². The van der Waals surface area contributed by atoms with Crippen molar-refractivity contribution >= 4 is 33.2 Å². The van der Waals surface area contributed by atoms with Crippen molar-refractivity contribution in [1.82, 2.24) is 4.90 Å². The Morgan fingerprint density at radius 2 is 1.59 bits per heavy atom. The molecule has 1 atom stereocenters. The minimum atomic E-state index is -3.75. The van der Waals surface area contributed by atoms with Crippen molar-refractivity contribution in [3.8, 4) is 0 Å². The maximum Gasteiger partial charge on any atom is 0.255 e. The molecule has 7 nitrogen and oxygen atoms in total. The van der Waals surface area contributed by atoms with Gasteiger partial charge < -0.3 is 10.2 Å². The van der Waals surface area contributed by atoms with Crippen LogP contribution in [0.4, 0.5) is 11.4 Å².